The molecular formula is C13H11ClN2O2S. The van der Waals surface area contributed by atoms with Crippen LogP contribution in [0.2, 0.25) is 5.02 Å². The van der Waals surface area contributed by atoms with Gasteiger partial charge in [-0.1, -0.05) is 23.7 Å². The van der Waals surface area contributed by atoms with E-state index in [1.165, 1.54) is 11.3 Å². The summed E-state index contributed by atoms with van der Waals surface area (Å²) >= 11 is 7.33. The zero-order valence-corrected chi connectivity index (χ0v) is 11.5. The van der Waals surface area contributed by atoms with Crippen LogP contribution in [0, 0.1) is 0 Å². The van der Waals surface area contributed by atoms with E-state index in [1.807, 2.05) is 40.2 Å². The SMILES string of the molecule is OCc1c(OCc2ccc(Cl)cc2)nc2sccn12. The van der Waals surface area contributed by atoms with Gasteiger partial charge in [0.2, 0.25) is 5.88 Å². The molecule has 0 aliphatic carbocycles. The van der Waals surface area contributed by atoms with Crippen molar-refractivity contribution < 1.29 is 9.84 Å². The van der Waals surface area contributed by atoms with Gasteiger partial charge in [-0.2, -0.15) is 4.98 Å². The summed E-state index contributed by atoms with van der Waals surface area (Å²) in [5, 5.41) is 12.0. The van der Waals surface area contributed by atoms with E-state index < -0.39 is 0 Å². The molecule has 6 heteroatoms. The highest BCUT2D eigenvalue weighted by molar-refractivity contribution is 7.15. The minimum Gasteiger partial charge on any atom is -0.471 e. The second-order valence-corrected chi connectivity index (χ2v) is 5.30. The van der Waals surface area contributed by atoms with Crippen LogP contribution in [0.15, 0.2) is 35.8 Å². The Hall–Kier alpha value is -1.56. The molecular weight excluding hydrogens is 284 g/mol. The third kappa shape index (κ3) is 2.45. The number of hydrogen-bond acceptors (Lipinski definition) is 4. The third-order valence-electron chi connectivity index (χ3n) is 2.76. The third-order valence-corrected chi connectivity index (χ3v) is 3.77. The number of rotatable bonds is 4. The fourth-order valence-corrected chi connectivity index (χ4v) is 2.65. The summed E-state index contributed by atoms with van der Waals surface area (Å²) in [5.74, 6) is 0.476. The molecule has 98 valence electrons. The number of aliphatic hydroxyl groups is 1. The van der Waals surface area contributed by atoms with Crippen molar-refractivity contribution in [2.24, 2.45) is 0 Å². The Morgan fingerprint density at radius 1 is 1.32 bits per heavy atom. The van der Waals surface area contributed by atoms with E-state index in [-0.39, 0.29) is 6.61 Å². The van der Waals surface area contributed by atoms with E-state index in [0.29, 0.717) is 23.2 Å². The fourth-order valence-electron chi connectivity index (χ4n) is 1.80. The van der Waals surface area contributed by atoms with Crippen molar-refractivity contribution in [3.05, 3.63) is 52.1 Å². The van der Waals surface area contributed by atoms with Crippen molar-refractivity contribution in [2.75, 3.05) is 0 Å². The largest absolute Gasteiger partial charge is 0.471 e. The molecule has 3 aromatic rings. The van der Waals surface area contributed by atoms with Crippen molar-refractivity contribution >= 4 is 27.9 Å². The number of imidazole rings is 1. The molecule has 0 spiro atoms. The van der Waals surface area contributed by atoms with Crippen LogP contribution in [0.4, 0.5) is 0 Å². The van der Waals surface area contributed by atoms with Gasteiger partial charge in [0.05, 0.1) is 6.61 Å². The molecule has 0 saturated carbocycles. The fraction of sp³-hybridized carbons (Fsp3) is 0.154. The van der Waals surface area contributed by atoms with Gasteiger partial charge in [0.15, 0.2) is 4.96 Å². The van der Waals surface area contributed by atoms with E-state index in [9.17, 15) is 5.11 Å². The Kier molecular flexibility index (Phi) is 3.42. The number of thiazole rings is 1. The molecule has 1 aromatic carbocycles. The zero-order chi connectivity index (χ0) is 13.2. The van der Waals surface area contributed by atoms with Gasteiger partial charge in [0, 0.05) is 16.6 Å². The number of benzene rings is 1. The molecule has 2 heterocycles. The van der Waals surface area contributed by atoms with Crippen LogP contribution >= 0.6 is 22.9 Å². The highest BCUT2D eigenvalue weighted by Gasteiger charge is 2.13. The lowest BCUT2D eigenvalue weighted by molar-refractivity contribution is 0.250. The number of aromatic nitrogens is 2. The maximum Gasteiger partial charge on any atom is 0.239 e. The Morgan fingerprint density at radius 3 is 2.84 bits per heavy atom. The average molecular weight is 295 g/mol. The highest BCUT2D eigenvalue weighted by Crippen LogP contribution is 2.24. The van der Waals surface area contributed by atoms with Crippen LogP contribution in [-0.4, -0.2) is 14.5 Å². The summed E-state index contributed by atoms with van der Waals surface area (Å²) in [6, 6.07) is 7.44. The lowest BCUT2D eigenvalue weighted by Gasteiger charge is -2.05. The van der Waals surface area contributed by atoms with Gasteiger partial charge in [-0.05, 0) is 17.7 Å². The summed E-state index contributed by atoms with van der Waals surface area (Å²) < 4.78 is 7.50. The van der Waals surface area contributed by atoms with Gasteiger partial charge in [0.1, 0.15) is 12.3 Å². The lowest BCUT2D eigenvalue weighted by atomic mass is 10.2. The lowest BCUT2D eigenvalue weighted by Crippen LogP contribution is -1.99. The van der Waals surface area contributed by atoms with Gasteiger partial charge in [-0.25, -0.2) is 0 Å². The predicted molar refractivity (Wildman–Crippen MR) is 74.8 cm³/mol. The highest BCUT2D eigenvalue weighted by atomic mass is 35.5. The monoisotopic (exact) mass is 294 g/mol. The van der Waals surface area contributed by atoms with Gasteiger partial charge < -0.3 is 9.84 Å². The molecule has 0 amide bonds. The van der Waals surface area contributed by atoms with Crippen LogP contribution < -0.4 is 4.74 Å². The van der Waals surface area contributed by atoms with Gasteiger partial charge in [-0.3, -0.25) is 4.40 Å². The van der Waals surface area contributed by atoms with Crippen LogP contribution in [0.3, 0.4) is 0 Å². The summed E-state index contributed by atoms with van der Waals surface area (Å²) in [6.07, 6.45) is 1.87. The number of fused-ring (bicyclic) bond motifs is 1. The van der Waals surface area contributed by atoms with E-state index in [2.05, 4.69) is 4.98 Å². The average Bonchev–Trinajstić information content (AvgIpc) is 2.98. The number of hydrogen-bond donors (Lipinski definition) is 1. The topological polar surface area (TPSA) is 46.8 Å². The molecule has 0 saturated heterocycles. The standard InChI is InChI=1S/C13H11ClN2O2S/c14-10-3-1-9(2-4-10)8-18-12-11(7-17)16-5-6-19-13(16)15-12/h1-6,17H,7-8H2. The Balaban J connectivity index is 1.81. The van der Waals surface area contributed by atoms with Gasteiger partial charge in [0.25, 0.3) is 0 Å². The quantitative estimate of drug-likeness (QED) is 0.804. The van der Waals surface area contributed by atoms with E-state index in [0.717, 1.165) is 10.5 Å². The maximum absolute atomic E-state index is 9.40. The maximum atomic E-state index is 9.40. The van der Waals surface area contributed by atoms with Crippen LogP contribution in [-0.2, 0) is 13.2 Å². The Bertz CT molecular complexity index is 690. The van der Waals surface area contributed by atoms with E-state index in [4.69, 9.17) is 16.3 Å². The first-order valence-corrected chi connectivity index (χ1v) is 6.96. The van der Waals surface area contributed by atoms with Crippen LogP contribution in [0.1, 0.15) is 11.3 Å². The summed E-state index contributed by atoms with van der Waals surface area (Å²) in [7, 11) is 0. The van der Waals surface area contributed by atoms with Crippen molar-refractivity contribution in [1.82, 2.24) is 9.38 Å². The molecule has 0 aliphatic heterocycles. The summed E-state index contributed by atoms with van der Waals surface area (Å²) in [5.41, 5.74) is 1.68. The minimum absolute atomic E-state index is 0.103. The van der Waals surface area contributed by atoms with Crippen molar-refractivity contribution in [1.29, 1.82) is 0 Å². The van der Waals surface area contributed by atoms with Crippen molar-refractivity contribution in [3.8, 4) is 5.88 Å². The molecule has 3 rings (SSSR count). The van der Waals surface area contributed by atoms with Gasteiger partial charge >= 0.3 is 0 Å². The molecule has 0 bridgehead atoms. The number of nitrogens with zero attached hydrogens (tertiary/aromatic N) is 2. The Morgan fingerprint density at radius 2 is 2.11 bits per heavy atom. The smallest absolute Gasteiger partial charge is 0.239 e. The second kappa shape index (κ2) is 5.21. The first kappa shape index (κ1) is 12.5. The molecule has 4 nitrogen and oxygen atoms in total. The van der Waals surface area contributed by atoms with Crippen molar-refractivity contribution in [2.45, 2.75) is 13.2 Å². The van der Waals surface area contributed by atoms with E-state index in [1.54, 1.807) is 0 Å². The molecule has 0 radical (unpaired) electrons. The molecule has 0 atom stereocenters. The van der Waals surface area contributed by atoms with Crippen molar-refractivity contribution in [3.63, 3.8) is 0 Å². The van der Waals surface area contributed by atoms with Gasteiger partial charge in [-0.15, -0.1) is 11.3 Å². The zero-order valence-electron chi connectivity index (χ0n) is 9.91. The van der Waals surface area contributed by atoms with Crippen LogP contribution in [0.5, 0.6) is 5.88 Å². The number of aliphatic hydroxyl groups excluding tert-OH is 1. The molecule has 0 unspecified atom stereocenters. The molecule has 0 aliphatic rings. The number of ether oxygens (including phenoxy) is 1. The normalized spacial score (nSPS) is 11.1. The molecule has 2 aromatic heterocycles. The molecule has 0 fully saturated rings. The summed E-state index contributed by atoms with van der Waals surface area (Å²) in [6.45, 7) is 0.294. The van der Waals surface area contributed by atoms with Crippen LogP contribution in [0.25, 0.3) is 4.96 Å². The first-order valence-electron chi connectivity index (χ1n) is 5.70. The van der Waals surface area contributed by atoms with E-state index >= 15 is 0 Å². The minimum atomic E-state index is -0.103. The first-order chi connectivity index (χ1) is 9.28. The Labute approximate surface area is 118 Å². The second-order valence-electron chi connectivity index (χ2n) is 3.99. The summed E-state index contributed by atoms with van der Waals surface area (Å²) in [4.78, 5) is 5.16. The molecule has 19 heavy (non-hydrogen) atoms. The number of halogens is 1. The predicted octanol–water partition coefficient (Wildman–Crippen LogP) is 3.12. The molecule has 1 N–H and O–H groups in total.